The van der Waals surface area contributed by atoms with Gasteiger partial charge in [-0.05, 0) is 6.07 Å². The smallest absolute Gasteiger partial charge is 0.272 e. The molecule has 2 N–H and O–H groups in total. The van der Waals surface area contributed by atoms with Gasteiger partial charge in [0.05, 0.1) is 12.5 Å². The maximum Gasteiger partial charge on any atom is 0.272 e. The largest absolute Gasteiger partial charge is 0.451 e. The summed E-state index contributed by atoms with van der Waals surface area (Å²) in [5.74, 6) is 0. The molecule has 0 aliphatic heterocycles. The lowest BCUT2D eigenvalue weighted by atomic mass is 10.2. The van der Waals surface area contributed by atoms with Crippen LogP contribution in [0.1, 0.15) is 0 Å². The highest BCUT2D eigenvalue weighted by Gasteiger charge is 2.19. The van der Waals surface area contributed by atoms with Crippen LogP contribution in [0, 0.1) is 0 Å². The molecule has 2 heterocycles. The summed E-state index contributed by atoms with van der Waals surface area (Å²) in [5.41, 5.74) is 1.07. The Hall–Kier alpha value is -1.60. The van der Waals surface area contributed by atoms with Crippen molar-refractivity contribution in [1.29, 1.82) is 0 Å². The lowest BCUT2D eigenvalue weighted by Crippen LogP contribution is -2.11. The van der Waals surface area contributed by atoms with Crippen LogP contribution in [0.5, 0.6) is 0 Å². The monoisotopic (exact) mass is 227 g/mol. The molecule has 0 atom stereocenters. The van der Waals surface area contributed by atoms with E-state index in [9.17, 15) is 8.42 Å². The molecule has 2 aromatic heterocycles. The summed E-state index contributed by atoms with van der Waals surface area (Å²) in [4.78, 5) is 0. The molecular formula is C8H9N3O3S. The number of nitrogens with two attached hydrogens (primary N) is 1. The summed E-state index contributed by atoms with van der Waals surface area (Å²) in [6.07, 6.45) is 4.50. The first-order valence-electron chi connectivity index (χ1n) is 4.08. The van der Waals surface area contributed by atoms with Gasteiger partial charge in [-0.3, -0.25) is 4.68 Å². The second-order valence-electron chi connectivity index (χ2n) is 3.07. The van der Waals surface area contributed by atoms with Gasteiger partial charge < -0.3 is 4.42 Å². The fourth-order valence-electron chi connectivity index (χ4n) is 1.29. The van der Waals surface area contributed by atoms with Crippen LogP contribution in [0.25, 0.3) is 11.1 Å². The fraction of sp³-hybridized carbons (Fsp3) is 0.125. The average molecular weight is 227 g/mol. The predicted molar refractivity (Wildman–Crippen MR) is 52.3 cm³/mol. The minimum absolute atomic E-state index is 0.240. The number of furan rings is 1. The van der Waals surface area contributed by atoms with Gasteiger partial charge in [-0.15, -0.1) is 0 Å². The third-order valence-electron chi connectivity index (χ3n) is 1.90. The quantitative estimate of drug-likeness (QED) is 0.800. The Morgan fingerprint density at radius 3 is 2.80 bits per heavy atom. The molecule has 0 spiro atoms. The molecule has 0 amide bonds. The Morgan fingerprint density at radius 1 is 1.53 bits per heavy atom. The standard InChI is InChI=1S/C8H9N3O3S/c1-11-5-6(4-10-11)7-2-3-14-8(7)15(9,12)13/h2-5H,1H3,(H2,9,12,13). The molecule has 0 aliphatic carbocycles. The van der Waals surface area contributed by atoms with Crippen molar-refractivity contribution in [3.8, 4) is 11.1 Å². The van der Waals surface area contributed by atoms with Gasteiger partial charge in [-0.2, -0.15) is 5.10 Å². The molecule has 6 nitrogen and oxygen atoms in total. The van der Waals surface area contributed by atoms with E-state index in [0.717, 1.165) is 0 Å². The normalized spacial score (nSPS) is 11.9. The van der Waals surface area contributed by atoms with E-state index in [1.807, 2.05) is 0 Å². The van der Waals surface area contributed by atoms with E-state index in [1.165, 1.54) is 12.3 Å². The number of hydrogen-bond donors (Lipinski definition) is 1. The third-order valence-corrected chi connectivity index (χ3v) is 2.74. The Kier molecular flexibility index (Phi) is 2.13. The van der Waals surface area contributed by atoms with Crippen LogP contribution in [0.4, 0.5) is 0 Å². The van der Waals surface area contributed by atoms with Crippen molar-refractivity contribution in [2.24, 2.45) is 12.2 Å². The van der Waals surface area contributed by atoms with Crippen molar-refractivity contribution in [3.05, 3.63) is 24.7 Å². The van der Waals surface area contributed by atoms with Crippen LogP contribution < -0.4 is 5.14 Å². The molecule has 0 unspecified atom stereocenters. The molecule has 2 aromatic rings. The molecule has 0 saturated carbocycles. The number of aryl methyl sites for hydroxylation is 1. The second kappa shape index (κ2) is 3.21. The molecule has 15 heavy (non-hydrogen) atoms. The van der Waals surface area contributed by atoms with Crippen LogP contribution >= 0.6 is 0 Å². The maximum absolute atomic E-state index is 11.2. The first kappa shape index (κ1) is 9.94. The van der Waals surface area contributed by atoms with Crippen molar-refractivity contribution in [3.63, 3.8) is 0 Å². The Morgan fingerprint density at radius 2 is 2.27 bits per heavy atom. The van der Waals surface area contributed by atoms with Crippen LogP contribution in [0.2, 0.25) is 0 Å². The van der Waals surface area contributed by atoms with Gasteiger partial charge in [0.25, 0.3) is 10.0 Å². The lowest BCUT2D eigenvalue weighted by molar-refractivity contribution is 0.452. The van der Waals surface area contributed by atoms with Gasteiger partial charge in [-0.1, -0.05) is 0 Å². The van der Waals surface area contributed by atoms with Crippen molar-refractivity contribution in [2.75, 3.05) is 0 Å². The number of nitrogens with zero attached hydrogens (tertiary/aromatic N) is 2. The minimum Gasteiger partial charge on any atom is -0.451 e. The first-order valence-corrected chi connectivity index (χ1v) is 5.62. The highest BCUT2D eigenvalue weighted by atomic mass is 32.2. The topological polar surface area (TPSA) is 91.1 Å². The van der Waals surface area contributed by atoms with Crippen molar-refractivity contribution >= 4 is 10.0 Å². The zero-order valence-corrected chi connectivity index (χ0v) is 8.73. The number of primary sulfonamides is 1. The van der Waals surface area contributed by atoms with E-state index in [2.05, 4.69) is 5.10 Å². The van der Waals surface area contributed by atoms with E-state index in [4.69, 9.17) is 9.56 Å². The van der Waals surface area contributed by atoms with E-state index in [1.54, 1.807) is 24.1 Å². The molecular weight excluding hydrogens is 218 g/mol. The second-order valence-corrected chi connectivity index (χ2v) is 4.53. The highest BCUT2D eigenvalue weighted by Crippen LogP contribution is 2.26. The van der Waals surface area contributed by atoms with Gasteiger partial charge in [-0.25, -0.2) is 13.6 Å². The van der Waals surface area contributed by atoms with Crippen LogP contribution in [0.3, 0.4) is 0 Å². The zero-order chi connectivity index (χ0) is 11.1. The molecule has 0 fully saturated rings. The maximum atomic E-state index is 11.2. The van der Waals surface area contributed by atoms with Crippen molar-refractivity contribution in [1.82, 2.24) is 9.78 Å². The highest BCUT2D eigenvalue weighted by molar-refractivity contribution is 7.89. The molecule has 80 valence electrons. The van der Waals surface area contributed by atoms with Gasteiger partial charge in [0.2, 0.25) is 5.09 Å². The Bertz CT molecular complexity index is 582. The minimum atomic E-state index is -3.83. The predicted octanol–water partition coefficient (Wildman–Crippen LogP) is 0.328. The molecule has 0 bridgehead atoms. The van der Waals surface area contributed by atoms with Crippen molar-refractivity contribution < 1.29 is 12.8 Å². The molecule has 7 heteroatoms. The van der Waals surface area contributed by atoms with Gasteiger partial charge in [0, 0.05) is 24.4 Å². The Balaban J connectivity index is 2.60. The summed E-state index contributed by atoms with van der Waals surface area (Å²) >= 11 is 0. The van der Waals surface area contributed by atoms with E-state index < -0.39 is 10.0 Å². The Labute approximate surface area is 86.4 Å². The van der Waals surface area contributed by atoms with Crippen LogP contribution in [-0.2, 0) is 17.1 Å². The average Bonchev–Trinajstić information content (AvgIpc) is 2.68. The fourth-order valence-corrected chi connectivity index (χ4v) is 1.97. The van der Waals surface area contributed by atoms with Gasteiger partial charge in [0.15, 0.2) is 0 Å². The molecule has 0 saturated heterocycles. The summed E-state index contributed by atoms with van der Waals surface area (Å²) in [6, 6.07) is 1.54. The van der Waals surface area contributed by atoms with E-state index >= 15 is 0 Å². The van der Waals surface area contributed by atoms with Gasteiger partial charge in [0.1, 0.15) is 0 Å². The first-order chi connectivity index (χ1) is 6.98. The lowest BCUT2D eigenvalue weighted by Gasteiger charge is -1.96. The molecule has 0 radical (unpaired) electrons. The SMILES string of the molecule is Cn1cc(-c2ccoc2S(N)(=O)=O)cn1. The zero-order valence-electron chi connectivity index (χ0n) is 7.91. The summed E-state index contributed by atoms with van der Waals surface area (Å²) in [6.45, 7) is 0. The number of sulfonamides is 1. The molecule has 0 aliphatic rings. The van der Waals surface area contributed by atoms with E-state index in [-0.39, 0.29) is 5.09 Å². The molecule has 2 rings (SSSR count). The number of hydrogen-bond acceptors (Lipinski definition) is 4. The molecule has 0 aromatic carbocycles. The van der Waals surface area contributed by atoms with Crippen LogP contribution in [0.15, 0.2) is 34.2 Å². The van der Waals surface area contributed by atoms with Gasteiger partial charge >= 0.3 is 0 Å². The third kappa shape index (κ3) is 1.79. The summed E-state index contributed by atoms with van der Waals surface area (Å²) < 4.78 is 28.7. The summed E-state index contributed by atoms with van der Waals surface area (Å²) in [5, 5.41) is 8.69. The van der Waals surface area contributed by atoms with E-state index in [0.29, 0.717) is 11.1 Å². The van der Waals surface area contributed by atoms with Crippen LogP contribution in [-0.4, -0.2) is 18.2 Å². The number of aromatic nitrogens is 2. The summed E-state index contributed by atoms with van der Waals surface area (Å²) in [7, 11) is -2.10. The van der Waals surface area contributed by atoms with Crippen molar-refractivity contribution in [2.45, 2.75) is 5.09 Å². The number of rotatable bonds is 2.